The highest BCUT2D eigenvalue weighted by atomic mass is 16.5. The van der Waals surface area contributed by atoms with Crippen LogP contribution in [0.4, 0.5) is 0 Å². The third kappa shape index (κ3) is 2.28. The summed E-state index contributed by atoms with van der Waals surface area (Å²) in [6.45, 7) is 3.61. The minimum Gasteiger partial charge on any atom is -0.464 e. The molecule has 126 valence electrons. The first-order valence-electron chi connectivity index (χ1n) is 7.60. The molecule has 25 heavy (non-hydrogen) atoms. The first kappa shape index (κ1) is 15.1. The largest absolute Gasteiger partial charge is 0.464 e. The zero-order valence-electron chi connectivity index (χ0n) is 13.4. The number of pyridine rings is 1. The zero-order chi connectivity index (χ0) is 17.6. The SMILES string of the molecule is CCOC(=O)c1nnc2c3c(-c4ccco4)cc(C)nc3[nH]n2c1=O. The first-order valence-corrected chi connectivity index (χ1v) is 7.60. The molecule has 9 nitrogen and oxygen atoms in total. The van der Waals surface area contributed by atoms with Crippen molar-refractivity contribution in [1.29, 1.82) is 0 Å². The number of furan rings is 1. The molecule has 0 aliphatic heterocycles. The van der Waals surface area contributed by atoms with Gasteiger partial charge in [-0.1, -0.05) is 0 Å². The van der Waals surface area contributed by atoms with Crippen molar-refractivity contribution in [3.63, 3.8) is 0 Å². The Morgan fingerprint density at radius 1 is 1.40 bits per heavy atom. The highest BCUT2D eigenvalue weighted by molar-refractivity contribution is 6.01. The van der Waals surface area contributed by atoms with Crippen molar-refractivity contribution in [3.05, 3.63) is 46.2 Å². The van der Waals surface area contributed by atoms with Gasteiger partial charge in [-0.15, -0.1) is 10.2 Å². The molecule has 0 fully saturated rings. The van der Waals surface area contributed by atoms with Gasteiger partial charge in [0.1, 0.15) is 5.76 Å². The van der Waals surface area contributed by atoms with Crippen LogP contribution in [0.3, 0.4) is 0 Å². The lowest BCUT2D eigenvalue weighted by atomic mass is 10.1. The van der Waals surface area contributed by atoms with Gasteiger partial charge in [-0.3, -0.25) is 9.89 Å². The summed E-state index contributed by atoms with van der Waals surface area (Å²) in [5.41, 5.74) is 1.12. The van der Waals surface area contributed by atoms with E-state index in [0.29, 0.717) is 16.8 Å². The summed E-state index contributed by atoms with van der Waals surface area (Å²) in [7, 11) is 0. The maximum atomic E-state index is 12.6. The molecule has 0 saturated heterocycles. The molecule has 0 aliphatic carbocycles. The lowest BCUT2D eigenvalue weighted by molar-refractivity contribution is 0.0515. The molecule has 0 atom stereocenters. The Morgan fingerprint density at radius 3 is 2.96 bits per heavy atom. The Kier molecular flexibility index (Phi) is 3.34. The fourth-order valence-corrected chi connectivity index (χ4v) is 2.69. The van der Waals surface area contributed by atoms with Crippen molar-refractivity contribution in [2.24, 2.45) is 0 Å². The number of ether oxygens (including phenoxy) is 1. The van der Waals surface area contributed by atoms with E-state index in [1.807, 2.05) is 13.0 Å². The predicted octanol–water partition coefficient (Wildman–Crippen LogP) is 1.71. The highest BCUT2D eigenvalue weighted by Crippen LogP contribution is 2.30. The molecular weight excluding hydrogens is 326 g/mol. The Morgan fingerprint density at radius 2 is 2.24 bits per heavy atom. The number of carbonyl (C=O) groups excluding carboxylic acids is 1. The smallest absolute Gasteiger partial charge is 0.364 e. The number of nitrogens with one attached hydrogen (secondary N) is 1. The molecule has 0 aliphatic rings. The zero-order valence-corrected chi connectivity index (χ0v) is 13.4. The fraction of sp³-hybridized carbons (Fsp3) is 0.188. The standard InChI is InChI=1S/C16H13N5O4/c1-3-24-16(23)12-15(22)21-14(19-18-12)11-9(10-5-4-6-25-10)7-8(2)17-13(11)20-21/h4-7H,3H2,1-2H3,(H,17,20). The topological polar surface area (TPSA) is 115 Å². The van der Waals surface area contributed by atoms with Crippen molar-refractivity contribution in [1.82, 2.24) is 24.8 Å². The van der Waals surface area contributed by atoms with E-state index in [2.05, 4.69) is 20.3 Å². The van der Waals surface area contributed by atoms with Gasteiger partial charge in [0.15, 0.2) is 11.3 Å². The van der Waals surface area contributed by atoms with Gasteiger partial charge in [-0.25, -0.2) is 9.78 Å². The summed E-state index contributed by atoms with van der Waals surface area (Å²) in [6.07, 6.45) is 1.56. The molecule has 0 aromatic carbocycles. The lowest BCUT2D eigenvalue weighted by Crippen LogP contribution is -2.26. The number of carbonyl (C=O) groups is 1. The maximum absolute atomic E-state index is 12.6. The van der Waals surface area contributed by atoms with Gasteiger partial charge < -0.3 is 9.15 Å². The van der Waals surface area contributed by atoms with E-state index in [4.69, 9.17) is 9.15 Å². The van der Waals surface area contributed by atoms with Gasteiger partial charge in [0.05, 0.1) is 18.3 Å². The Labute approximate surface area is 140 Å². The van der Waals surface area contributed by atoms with Crippen molar-refractivity contribution in [2.75, 3.05) is 6.61 Å². The van der Waals surface area contributed by atoms with Crippen LogP contribution in [0.2, 0.25) is 0 Å². The minimum absolute atomic E-state index is 0.138. The molecule has 0 radical (unpaired) electrons. The van der Waals surface area contributed by atoms with Crippen molar-refractivity contribution in [3.8, 4) is 11.3 Å². The quantitative estimate of drug-likeness (QED) is 0.565. The molecule has 4 aromatic rings. The van der Waals surface area contributed by atoms with Crippen molar-refractivity contribution in [2.45, 2.75) is 13.8 Å². The van der Waals surface area contributed by atoms with Gasteiger partial charge in [0.25, 0.3) is 0 Å². The number of H-pyrrole nitrogens is 1. The molecule has 1 N–H and O–H groups in total. The van der Waals surface area contributed by atoms with Crippen LogP contribution in [0.25, 0.3) is 28.0 Å². The Bertz CT molecular complexity index is 1160. The first-order chi connectivity index (χ1) is 12.1. The van der Waals surface area contributed by atoms with Gasteiger partial charge in [-0.2, -0.15) is 4.52 Å². The second-order valence-electron chi connectivity index (χ2n) is 5.36. The summed E-state index contributed by atoms with van der Waals surface area (Å²) in [5.74, 6) is -0.204. The van der Waals surface area contributed by atoms with E-state index in [0.717, 1.165) is 15.8 Å². The van der Waals surface area contributed by atoms with E-state index < -0.39 is 11.5 Å². The molecular formula is C16H13N5O4. The van der Waals surface area contributed by atoms with Crippen LogP contribution in [-0.4, -0.2) is 37.4 Å². The average molecular weight is 339 g/mol. The summed E-state index contributed by atoms with van der Waals surface area (Å²) in [5, 5.41) is 11.2. The molecule has 0 unspecified atom stereocenters. The molecule has 0 amide bonds. The highest BCUT2D eigenvalue weighted by Gasteiger charge is 2.21. The predicted molar refractivity (Wildman–Crippen MR) is 87.3 cm³/mol. The number of aromatic nitrogens is 5. The van der Waals surface area contributed by atoms with E-state index >= 15 is 0 Å². The van der Waals surface area contributed by atoms with Gasteiger partial charge in [0.2, 0.25) is 5.69 Å². The van der Waals surface area contributed by atoms with Crippen LogP contribution in [0.15, 0.2) is 33.7 Å². The van der Waals surface area contributed by atoms with Gasteiger partial charge in [0, 0.05) is 11.3 Å². The maximum Gasteiger partial charge on any atom is 0.364 e. The summed E-state index contributed by atoms with van der Waals surface area (Å²) in [6, 6.07) is 5.40. The van der Waals surface area contributed by atoms with E-state index in [1.54, 1.807) is 25.3 Å². The van der Waals surface area contributed by atoms with Crippen LogP contribution in [0, 0.1) is 6.92 Å². The fourth-order valence-electron chi connectivity index (χ4n) is 2.69. The molecule has 4 aromatic heterocycles. The second kappa shape index (κ2) is 5.55. The van der Waals surface area contributed by atoms with Crippen molar-refractivity contribution >= 4 is 22.6 Å². The van der Waals surface area contributed by atoms with Crippen LogP contribution < -0.4 is 5.56 Å². The van der Waals surface area contributed by atoms with Gasteiger partial charge >= 0.3 is 11.5 Å². The van der Waals surface area contributed by atoms with Crippen LogP contribution in [0.1, 0.15) is 23.1 Å². The van der Waals surface area contributed by atoms with Crippen molar-refractivity contribution < 1.29 is 13.9 Å². The molecule has 0 spiro atoms. The number of hydrogen-bond acceptors (Lipinski definition) is 7. The number of nitrogens with zero attached hydrogens (tertiary/aromatic N) is 4. The number of hydrogen-bond donors (Lipinski definition) is 1. The van der Waals surface area contributed by atoms with Crippen LogP contribution >= 0.6 is 0 Å². The van der Waals surface area contributed by atoms with Gasteiger partial charge in [-0.05, 0) is 32.0 Å². The number of esters is 1. The molecule has 0 bridgehead atoms. The lowest BCUT2D eigenvalue weighted by Gasteiger charge is -2.01. The second-order valence-corrected chi connectivity index (χ2v) is 5.36. The summed E-state index contributed by atoms with van der Waals surface area (Å²) >= 11 is 0. The molecule has 9 heteroatoms. The molecule has 4 heterocycles. The Balaban J connectivity index is 2.06. The average Bonchev–Trinajstić information content (AvgIpc) is 3.22. The number of fused-ring (bicyclic) bond motifs is 3. The summed E-state index contributed by atoms with van der Waals surface area (Å²) in [4.78, 5) is 28.8. The third-order valence-corrected chi connectivity index (χ3v) is 3.71. The van der Waals surface area contributed by atoms with Crippen LogP contribution in [-0.2, 0) is 4.74 Å². The Hall–Kier alpha value is -3.49. The minimum atomic E-state index is -0.816. The van der Waals surface area contributed by atoms with E-state index in [9.17, 15) is 9.59 Å². The monoisotopic (exact) mass is 339 g/mol. The normalized spacial score (nSPS) is 11.3. The summed E-state index contributed by atoms with van der Waals surface area (Å²) < 4.78 is 11.4. The number of aromatic amines is 1. The van der Waals surface area contributed by atoms with Crippen LogP contribution in [0.5, 0.6) is 0 Å². The molecule has 0 saturated carbocycles. The van der Waals surface area contributed by atoms with E-state index in [-0.39, 0.29) is 17.9 Å². The number of rotatable bonds is 3. The van der Waals surface area contributed by atoms with E-state index in [1.165, 1.54) is 0 Å². The number of aryl methyl sites for hydroxylation is 1. The third-order valence-electron chi connectivity index (χ3n) is 3.71. The molecule has 4 rings (SSSR count).